The van der Waals surface area contributed by atoms with Crippen LogP contribution in [0.3, 0.4) is 0 Å². The lowest BCUT2D eigenvalue weighted by atomic mass is 10.4. The average Bonchev–Trinajstić information content (AvgIpc) is 3.12. The van der Waals surface area contributed by atoms with E-state index in [9.17, 15) is 4.79 Å². The summed E-state index contributed by atoms with van der Waals surface area (Å²) in [6.45, 7) is 2.71. The predicted molar refractivity (Wildman–Crippen MR) is 76.9 cm³/mol. The number of thiazole rings is 1. The van der Waals surface area contributed by atoms with Crippen LogP contribution < -0.4 is 10.6 Å². The van der Waals surface area contributed by atoms with E-state index in [-0.39, 0.29) is 5.91 Å². The molecule has 0 radical (unpaired) electrons. The summed E-state index contributed by atoms with van der Waals surface area (Å²) < 4.78 is 10.2. The van der Waals surface area contributed by atoms with Gasteiger partial charge < -0.3 is 19.8 Å². The highest BCUT2D eigenvalue weighted by Crippen LogP contribution is 2.25. The molecule has 0 saturated heterocycles. The van der Waals surface area contributed by atoms with Gasteiger partial charge in [-0.05, 0) is 12.1 Å². The molecule has 0 aliphatic rings. The molecule has 1 amide bonds. The Morgan fingerprint density at radius 1 is 1.45 bits per heavy atom. The number of hydrogen-bond acceptors (Lipinski definition) is 6. The van der Waals surface area contributed by atoms with E-state index in [1.807, 2.05) is 6.07 Å². The van der Waals surface area contributed by atoms with Gasteiger partial charge >= 0.3 is 0 Å². The van der Waals surface area contributed by atoms with Crippen molar-refractivity contribution >= 4 is 17.2 Å². The number of carbonyl (C=O) groups is 1. The molecule has 7 heteroatoms. The minimum absolute atomic E-state index is 0.117. The molecule has 20 heavy (non-hydrogen) atoms. The number of amides is 1. The van der Waals surface area contributed by atoms with Crippen LogP contribution in [0.2, 0.25) is 0 Å². The Kier molecular flexibility index (Phi) is 5.72. The fraction of sp³-hybridized carbons (Fsp3) is 0.385. The van der Waals surface area contributed by atoms with Crippen LogP contribution in [0.25, 0.3) is 10.8 Å². The van der Waals surface area contributed by atoms with E-state index in [0.29, 0.717) is 35.3 Å². The zero-order valence-corrected chi connectivity index (χ0v) is 12.0. The average molecular weight is 295 g/mol. The molecule has 2 N–H and O–H groups in total. The van der Waals surface area contributed by atoms with Gasteiger partial charge in [-0.1, -0.05) is 0 Å². The van der Waals surface area contributed by atoms with E-state index in [2.05, 4.69) is 15.6 Å². The van der Waals surface area contributed by atoms with Crippen LogP contribution in [-0.2, 0) is 4.74 Å². The third kappa shape index (κ3) is 4.16. The quantitative estimate of drug-likeness (QED) is 0.719. The van der Waals surface area contributed by atoms with Gasteiger partial charge in [0.05, 0.1) is 19.1 Å². The van der Waals surface area contributed by atoms with Crippen molar-refractivity contribution in [1.82, 2.24) is 15.6 Å². The molecule has 0 aromatic carbocycles. The molecule has 0 saturated carbocycles. The number of aromatic nitrogens is 1. The van der Waals surface area contributed by atoms with Crippen molar-refractivity contribution in [3.05, 3.63) is 29.5 Å². The summed E-state index contributed by atoms with van der Waals surface area (Å²) >= 11 is 1.31. The van der Waals surface area contributed by atoms with Crippen LogP contribution >= 0.6 is 11.3 Å². The fourth-order valence-electron chi connectivity index (χ4n) is 1.54. The zero-order chi connectivity index (χ0) is 14.2. The number of rotatable bonds is 8. The first-order chi connectivity index (χ1) is 9.81. The summed E-state index contributed by atoms with van der Waals surface area (Å²) in [4.78, 5) is 16.7. The smallest absolute Gasteiger partial charge is 0.263 e. The van der Waals surface area contributed by atoms with Gasteiger partial charge in [-0.2, -0.15) is 0 Å². The number of nitrogens with one attached hydrogen (secondary N) is 2. The Morgan fingerprint density at radius 3 is 3.10 bits per heavy atom. The lowest BCUT2D eigenvalue weighted by Gasteiger charge is -2.04. The molecule has 6 nitrogen and oxygen atoms in total. The van der Waals surface area contributed by atoms with Crippen molar-refractivity contribution in [2.24, 2.45) is 0 Å². The molecular formula is C13H17N3O3S. The van der Waals surface area contributed by atoms with Crippen LogP contribution in [0.4, 0.5) is 0 Å². The first kappa shape index (κ1) is 14.7. The molecule has 0 bridgehead atoms. The zero-order valence-electron chi connectivity index (χ0n) is 11.2. The van der Waals surface area contributed by atoms with Crippen molar-refractivity contribution in [3.63, 3.8) is 0 Å². The van der Waals surface area contributed by atoms with Gasteiger partial charge in [0, 0.05) is 26.7 Å². The highest BCUT2D eigenvalue weighted by atomic mass is 32.1. The van der Waals surface area contributed by atoms with Crippen LogP contribution in [0, 0.1) is 0 Å². The number of ether oxygens (including phenoxy) is 1. The van der Waals surface area contributed by atoms with Gasteiger partial charge in [-0.15, -0.1) is 11.3 Å². The molecule has 108 valence electrons. The molecule has 2 rings (SSSR count). The number of carbonyl (C=O) groups excluding carboxylic acids is 1. The van der Waals surface area contributed by atoms with Crippen molar-refractivity contribution in [3.8, 4) is 10.8 Å². The molecule has 0 aliphatic heterocycles. The highest BCUT2D eigenvalue weighted by Gasteiger charge is 2.12. The Balaban J connectivity index is 1.76. The van der Waals surface area contributed by atoms with E-state index in [4.69, 9.17) is 9.15 Å². The van der Waals surface area contributed by atoms with Gasteiger partial charge in [0.15, 0.2) is 10.8 Å². The lowest BCUT2D eigenvalue weighted by Crippen LogP contribution is -2.32. The summed E-state index contributed by atoms with van der Waals surface area (Å²) in [5.41, 5.74) is 0. The van der Waals surface area contributed by atoms with Crippen LogP contribution in [0.1, 0.15) is 9.67 Å². The van der Waals surface area contributed by atoms with Crippen molar-refractivity contribution in [2.75, 3.05) is 33.4 Å². The number of nitrogens with zero attached hydrogens (tertiary/aromatic N) is 1. The first-order valence-electron chi connectivity index (χ1n) is 6.29. The number of furan rings is 1. The monoisotopic (exact) mass is 295 g/mol. The van der Waals surface area contributed by atoms with Crippen LogP contribution in [0.5, 0.6) is 0 Å². The second-order valence-electron chi connectivity index (χ2n) is 4.01. The normalized spacial score (nSPS) is 10.7. The highest BCUT2D eigenvalue weighted by molar-refractivity contribution is 7.16. The van der Waals surface area contributed by atoms with Gasteiger partial charge in [0.25, 0.3) is 5.91 Å². The molecule has 0 fully saturated rings. The van der Waals surface area contributed by atoms with Crippen molar-refractivity contribution < 1.29 is 13.9 Å². The minimum atomic E-state index is -0.117. The largest absolute Gasteiger partial charge is 0.462 e. The summed E-state index contributed by atoms with van der Waals surface area (Å²) in [5, 5.41) is 6.69. The van der Waals surface area contributed by atoms with E-state index < -0.39 is 0 Å². The Hall–Kier alpha value is -1.70. The third-order valence-corrected chi connectivity index (χ3v) is 3.54. The van der Waals surface area contributed by atoms with E-state index in [0.717, 1.165) is 6.54 Å². The molecule has 2 heterocycles. The SMILES string of the molecule is COCCNCCNC(=O)c1cnc(-c2ccco2)s1. The summed E-state index contributed by atoms with van der Waals surface area (Å²) in [6.07, 6.45) is 3.15. The molecule has 0 aliphatic carbocycles. The van der Waals surface area contributed by atoms with E-state index in [1.54, 1.807) is 25.6 Å². The molecule has 2 aromatic rings. The van der Waals surface area contributed by atoms with Crippen molar-refractivity contribution in [1.29, 1.82) is 0 Å². The maximum atomic E-state index is 11.9. The molecular weight excluding hydrogens is 278 g/mol. The third-order valence-electron chi connectivity index (χ3n) is 2.53. The van der Waals surface area contributed by atoms with Crippen LogP contribution in [0.15, 0.2) is 29.0 Å². The molecule has 2 aromatic heterocycles. The molecule has 0 atom stereocenters. The Bertz CT molecular complexity index is 525. The van der Waals surface area contributed by atoms with Gasteiger partial charge in [0.2, 0.25) is 0 Å². The lowest BCUT2D eigenvalue weighted by molar-refractivity contribution is 0.0957. The summed E-state index contributed by atoms with van der Waals surface area (Å²) in [6, 6.07) is 3.61. The van der Waals surface area contributed by atoms with E-state index in [1.165, 1.54) is 11.3 Å². The van der Waals surface area contributed by atoms with Crippen LogP contribution in [-0.4, -0.2) is 44.2 Å². The van der Waals surface area contributed by atoms with Gasteiger partial charge in [-0.25, -0.2) is 4.98 Å². The second kappa shape index (κ2) is 7.78. The maximum absolute atomic E-state index is 11.9. The van der Waals surface area contributed by atoms with E-state index >= 15 is 0 Å². The first-order valence-corrected chi connectivity index (χ1v) is 7.10. The summed E-state index contributed by atoms with van der Waals surface area (Å²) in [5.74, 6) is 0.559. The molecule has 0 spiro atoms. The van der Waals surface area contributed by atoms with Gasteiger partial charge in [-0.3, -0.25) is 4.79 Å². The standard InChI is InChI=1S/C13H17N3O3S/c1-18-8-6-14-4-5-15-12(17)11-9-16-13(20-11)10-3-2-7-19-10/h2-3,7,9,14H,4-6,8H2,1H3,(H,15,17). The molecule has 0 unspecified atom stereocenters. The number of hydrogen-bond donors (Lipinski definition) is 2. The van der Waals surface area contributed by atoms with Crippen molar-refractivity contribution in [2.45, 2.75) is 0 Å². The second-order valence-corrected chi connectivity index (χ2v) is 5.04. The predicted octanol–water partition coefficient (Wildman–Crippen LogP) is 1.37. The topological polar surface area (TPSA) is 76.4 Å². The maximum Gasteiger partial charge on any atom is 0.263 e. The Morgan fingerprint density at radius 2 is 2.35 bits per heavy atom. The number of methoxy groups -OCH3 is 1. The van der Waals surface area contributed by atoms with Gasteiger partial charge in [0.1, 0.15) is 4.88 Å². The minimum Gasteiger partial charge on any atom is -0.462 e. The fourth-order valence-corrected chi connectivity index (χ4v) is 2.34. The summed E-state index contributed by atoms with van der Waals surface area (Å²) in [7, 11) is 1.66. The Labute approximate surface area is 121 Å².